The van der Waals surface area contributed by atoms with Gasteiger partial charge in [-0.2, -0.15) is 0 Å². The van der Waals surface area contributed by atoms with Crippen LogP contribution >= 0.6 is 11.6 Å². The quantitative estimate of drug-likeness (QED) is 0.830. The molecule has 0 heterocycles. The molecule has 1 atom stereocenters. The van der Waals surface area contributed by atoms with Crippen LogP contribution in [0.2, 0.25) is 5.02 Å². The molecular weight excluding hydrogens is 255 g/mol. The monoisotopic (exact) mass is 274 g/mol. The molecule has 1 unspecified atom stereocenters. The lowest BCUT2D eigenvalue weighted by Gasteiger charge is -2.30. The number of halogens is 2. The lowest BCUT2D eigenvalue weighted by Crippen LogP contribution is -2.36. The Bertz CT molecular complexity index is 376. The maximum Gasteiger partial charge on any atom is 0.129 e. The zero-order valence-corrected chi connectivity index (χ0v) is 11.6. The summed E-state index contributed by atoms with van der Waals surface area (Å²) < 4.78 is 19.0. The first-order valence-corrected chi connectivity index (χ1v) is 6.39. The van der Waals surface area contributed by atoms with Gasteiger partial charge in [-0.1, -0.05) is 24.6 Å². The molecule has 0 saturated heterocycles. The minimum atomic E-state index is -0.311. The van der Waals surface area contributed by atoms with Crippen molar-refractivity contribution < 1.29 is 9.13 Å². The fourth-order valence-electron chi connectivity index (χ4n) is 1.99. The fraction of sp³-hybridized carbons (Fsp3) is 0.538. The fourth-order valence-corrected chi connectivity index (χ4v) is 2.15. The summed E-state index contributed by atoms with van der Waals surface area (Å²) in [5, 5.41) is 0.395. The molecule has 0 saturated carbocycles. The second-order valence-corrected chi connectivity index (χ2v) is 4.48. The number of nitrogens with zero attached hydrogens (tertiary/aromatic N) is 1. The van der Waals surface area contributed by atoms with Gasteiger partial charge in [-0.3, -0.25) is 4.90 Å². The van der Waals surface area contributed by atoms with E-state index in [0.29, 0.717) is 23.7 Å². The van der Waals surface area contributed by atoms with Crippen molar-refractivity contribution in [3.63, 3.8) is 0 Å². The molecule has 0 bridgehead atoms. The van der Waals surface area contributed by atoms with Gasteiger partial charge in [0.1, 0.15) is 5.82 Å². The van der Waals surface area contributed by atoms with Crippen molar-refractivity contribution >= 4 is 11.6 Å². The molecule has 0 radical (unpaired) electrons. The molecule has 5 heteroatoms. The van der Waals surface area contributed by atoms with Gasteiger partial charge in [0.15, 0.2) is 0 Å². The van der Waals surface area contributed by atoms with Gasteiger partial charge in [-0.25, -0.2) is 4.39 Å². The molecular formula is C13H20ClFN2O. The third-order valence-corrected chi connectivity index (χ3v) is 3.21. The van der Waals surface area contributed by atoms with Crippen molar-refractivity contribution in [1.29, 1.82) is 0 Å². The molecule has 0 fully saturated rings. The van der Waals surface area contributed by atoms with E-state index in [4.69, 9.17) is 22.1 Å². The highest BCUT2D eigenvalue weighted by molar-refractivity contribution is 6.30. The average molecular weight is 275 g/mol. The van der Waals surface area contributed by atoms with Crippen LogP contribution in [0.4, 0.5) is 4.39 Å². The summed E-state index contributed by atoms with van der Waals surface area (Å²) in [7, 11) is 1.65. The Kier molecular flexibility index (Phi) is 6.57. The van der Waals surface area contributed by atoms with E-state index >= 15 is 0 Å². The standard InChI is InChI=1S/C13H20ClFN2O/c1-3-17(6-7-18-2)13(9-16)11-5-4-10(14)8-12(11)15/h4-5,8,13H,3,6-7,9,16H2,1-2H3. The number of ether oxygens (including phenoxy) is 1. The van der Waals surface area contributed by atoms with E-state index < -0.39 is 0 Å². The van der Waals surface area contributed by atoms with Crippen molar-refractivity contribution in [2.75, 3.05) is 33.4 Å². The van der Waals surface area contributed by atoms with Crippen LogP contribution in [0.5, 0.6) is 0 Å². The minimum absolute atomic E-state index is 0.151. The maximum absolute atomic E-state index is 13.9. The summed E-state index contributed by atoms with van der Waals surface area (Å²) >= 11 is 5.76. The van der Waals surface area contributed by atoms with E-state index in [1.54, 1.807) is 19.2 Å². The Morgan fingerprint density at radius 3 is 2.72 bits per heavy atom. The molecule has 102 valence electrons. The molecule has 1 aromatic carbocycles. The van der Waals surface area contributed by atoms with Gasteiger partial charge in [0.25, 0.3) is 0 Å². The van der Waals surface area contributed by atoms with Crippen molar-refractivity contribution in [3.05, 3.63) is 34.6 Å². The molecule has 2 N–H and O–H groups in total. The van der Waals surface area contributed by atoms with E-state index in [0.717, 1.165) is 13.1 Å². The van der Waals surface area contributed by atoms with Crippen molar-refractivity contribution in [1.82, 2.24) is 4.90 Å². The first-order valence-electron chi connectivity index (χ1n) is 6.02. The average Bonchev–Trinajstić information content (AvgIpc) is 2.36. The van der Waals surface area contributed by atoms with E-state index in [1.165, 1.54) is 6.07 Å². The lowest BCUT2D eigenvalue weighted by atomic mass is 10.0. The van der Waals surface area contributed by atoms with Crippen LogP contribution in [0.3, 0.4) is 0 Å². The number of hydrogen-bond donors (Lipinski definition) is 1. The first kappa shape index (κ1) is 15.4. The summed E-state index contributed by atoms with van der Waals surface area (Å²) in [6, 6.07) is 4.56. The first-order chi connectivity index (χ1) is 8.63. The van der Waals surface area contributed by atoms with E-state index in [1.807, 2.05) is 6.92 Å². The Labute approximate surface area is 113 Å². The molecule has 0 aromatic heterocycles. The summed E-state index contributed by atoms with van der Waals surface area (Å²) in [5.74, 6) is -0.311. The molecule has 18 heavy (non-hydrogen) atoms. The maximum atomic E-state index is 13.9. The molecule has 0 amide bonds. The molecule has 0 aliphatic heterocycles. The van der Waals surface area contributed by atoms with Gasteiger partial charge in [0, 0.05) is 36.8 Å². The van der Waals surface area contributed by atoms with Crippen molar-refractivity contribution in [2.24, 2.45) is 5.73 Å². The second-order valence-electron chi connectivity index (χ2n) is 4.04. The molecule has 0 aliphatic carbocycles. The predicted molar refractivity (Wildman–Crippen MR) is 72.3 cm³/mol. The Morgan fingerprint density at radius 1 is 1.50 bits per heavy atom. The zero-order chi connectivity index (χ0) is 13.5. The summed E-state index contributed by atoms with van der Waals surface area (Å²) in [6.45, 7) is 4.48. The van der Waals surface area contributed by atoms with E-state index in [2.05, 4.69) is 4.90 Å². The van der Waals surface area contributed by atoms with Gasteiger partial charge < -0.3 is 10.5 Å². The zero-order valence-electron chi connectivity index (χ0n) is 10.8. The number of methoxy groups -OCH3 is 1. The van der Waals surface area contributed by atoms with Gasteiger partial charge >= 0.3 is 0 Å². The molecule has 1 rings (SSSR count). The van der Waals surface area contributed by atoms with Crippen molar-refractivity contribution in [2.45, 2.75) is 13.0 Å². The largest absolute Gasteiger partial charge is 0.383 e. The van der Waals surface area contributed by atoms with Gasteiger partial charge in [-0.05, 0) is 18.7 Å². The Morgan fingerprint density at radius 2 is 2.22 bits per heavy atom. The molecule has 1 aromatic rings. The smallest absolute Gasteiger partial charge is 0.129 e. The second kappa shape index (κ2) is 7.69. The lowest BCUT2D eigenvalue weighted by molar-refractivity contribution is 0.124. The molecule has 0 spiro atoms. The topological polar surface area (TPSA) is 38.5 Å². The highest BCUT2D eigenvalue weighted by Crippen LogP contribution is 2.24. The third kappa shape index (κ3) is 3.92. The summed E-state index contributed by atoms with van der Waals surface area (Å²) in [5.41, 5.74) is 6.36. The third-order valence-electron chi connectivity index (χ3n) is 2.97. The SMILES string of the molecule is CCN(CCOC)C(CN)c1ccc(Cl)cc1F. The van der Waals surface area contributed by atoms with Gasteiger partial charge in [0.2, 0.25) is 0 Å². The Hall–Kier alpha value is -0.680. The van der Waals surface area contributed by atoms with Gasteiger partial charge in [0.05, 0.1) is 6.61 Å². The molecule has 3 nitrogen and oxygen atoms in total. The predicted octanol–water partition coefficient (Wildman–Crippen LogP) is 2.45. The van der Waals surface area contributed by atoms with E-state index in [-0.39, 0.29) is 11.9 Å². The van der Waals surface area contributed by atoms with Crippen LogP contribution in [-0.4, -0.2) is 38.3 Å². The number of benzene rings is 1. The summed E-state index contributed by atoms with van der Waals surface area (Å²) in [4.78, 5) is 2.09. The Balaban J connectivity index is 2.92. The highest BCUT2D eigenvalue weighted by atomic mass is 35.5. The number of likely N-dealkylation sites (N-methyl/N-ethyl adjacent to an activating group) is 1. The molecule has 0 aliphatic rings. The van der Waals surface area contributed by atoms with Crippen LogP contribution in [0.1, 0.15) is 18.5 Å². The number of rotatable bonds is 7. The number of hydrogen-bond acceptors (Lipinski definition) is 3. The number of nitrogens with two attached hydrogens (primary N) is 1. The van der Waals surface area contributed by atoms with Crippen LogP contribution < -0.4 is 5.73 Å². The van der Waals surface area contributed by atoms with Crippen LogP contribution in [-0.2, 0) is 4.74 Å². The van der Waals surface area contributed by atoms with Crippen LogP contribution in [0.15, 0.2) is 18.2 Å². The summed E-state index contributed by atoms with van der Waals surface area (Å²) in [6.07, 6.45) is 0. The van der Waals surface area contributed by atoms with Crippen LogP contribution in [0, 0.1) is 5.82 Å². The normalized spacial score (nSPS) is 13.0. The van der Waals surface area contributed by atoms with Gasteiger partial charge in [-0.15, -0.1) is 0 Å². The van der Waals surface area contributed by atoms with Crippen molar-refractivity contribution in [3.8, 4) is 0 Å². The minimum Gasteiger partial charge on any atom is -0.383 e. The van der Waals surface area contributed by atoms with Crippen LogP contribution in [0.25, 0.3) is 0 Å². The highest BCUT2D eigenvalue weighted by Gasteiger charge is 2.20. The van der Waals surface area contributed by atoms with E-state index in [9.17, 15) is 4.39 Å².